The number of rotatable bonds is 5. The highest BCUT2D eigenvalue weighted by molar-refractivity contribution is 7.98. The van der Waals surface area contributed by atoms with Gasteiger partial charge in [0.05, 0.1) is 0 Å². The Morgan fingerprint density at radius 3 is 2.78 bits per heavy atom. The summed E-state index contributed by atoms with van der Waals surface area (Å²) in [5, 5.41) is 3.04. The van der Waals surface area contributed by atoms with E-state index in [0.717, 1.165) is 13.0 Å². The van der Waals surface area contributed by atoms with Gasteiger partial charge in [0, 0.05) is 12.6 Å². The predicted molar refractivity (Wildman–Crippen MR) is 44.9 cm³/mol. The molecule has 3 N–H and O–H groups in total. The second-order valence-corrected chi connectivity index (χ2v) is 3.08. The molecule has 0 saturated heterocycles. The Morgan fingerprint density at radius 1 is 1.67 bits per heavy atom. The van der Waals surface area contributed by atoms with Gasteiger partial charge in [0.2, 0.25) is 0 Å². The van der Waals surface area contributed by atoms with Crippen molar-refractivity contribution in [2.24, 2.45) is 5.73 Å². The lowest BCUT2D eigenvalue weighted by atomic mass is 10.2. The summed E-state index contributed by atoms with van der Waals surface area (Å²) in [4.78, 5) is 0. The van der Waals surface area contributed by atoms with Crippen LogP contribution in [0, 0.1) is 0 Å². The molecule has 0 amide bonds. The summed E-state index contributed by atoms with van der Waals surface area (Å²) in [5.74, 6) is 1.17. The van der Waals surface area contributed by atoms with Crippen molar-refractivity contribution in [3.05, 3.63) is 0 Å². The number of nitrogens with one attached hydrogen (secondary N) is 1. The minimum Gasteiger partial charge on any atom is -0.327 e. The van der Waals surface area contributed by atoms with Crippen LogP contribution in [0.25, 0.3) is 0 Å². The first-order valence-electron chi connectivity index (χ1n) is 3.20. The maximum Gasteiger partial charge on any atom is 0.0173 e. The number of hydrogen-bond donors (Lipinski definition) is 2. The Bertz CT molecular complexity index is 59.0. The van der Waals surface area contributed by atoms with E-state index in [-0.39, 0.29) is 0 Å². The van der Waals surface area contributed by atoms with Gasteiger partial charge < -0.3 is 11.1 Å². The molecule has 56 valence electrons. The molecule has 0 saturated carbocycles. The van der Waals surface area contributed by atoms with Crippen LogP contribution < -0.4 is 11.1 Å². The minimum absolute atomic E-state index is 0.336. The summed E-state index contributed by atoms with van der Waals surface area (Å²) in [5.41, 5.74) is 5.69. The van der Waals surface area contributed by atoms with Gasteiger partial charge in [-0.2, -0.15) is 11.8 Å². The van der Waals surface area contributed by atoms with Crippen LogP contribution in [0.4, 0.5) is 0 Å². The number of thioether (sulfide) groups is 1. The molecule has 0 aromatic rings. The first-order chi connectivity index (χ1) is 4.31. The zero-order chi connectivity index (χ0) is 7.11. The third-order valence-corrected chi connectivity index (χ3v) is 1.80. The van der Waals surface area contributed by atoms with Gasteiger partial charge in [0.25, 0.3) is 0 Å². The SMILES string of the molecule is CNC[C@@H](N)CCSC. The van der Waals surface area contributed by atoms with Crippen molar-refractivity contribution in [3.8, 4) is 0 Å². The molecular formula is C6H16N2S. The van der Waals surface area contributed by atoms with Gasteiger partial charge in [-0.3, -0.25) is 0 Å². The van der Waals surface area contributed by atoms with E-state index in [1.807, 2.05) is 18.8 Å². The molecule has 0 heterocycles. The highest BCUT2D eigenvalue weighted by atomic mass is 32.2. The van der Waals surface area contributed by atoms with Crippen molar-refractivity contribution in [1.29, 1.82) is 0 Å². The van der Waals surface area contributed by atoms with Crippen LogP contribution in [0.3, 0.4) is 0 Å². The summed E-state index contributed by atoms with van der Waals surface area (Å²) >= 11 is 1.85. The average Bonchev–Trinajstić information content (AvgIpc) is 1.85. The Labute approximate surface area is 61.6 Å². The van der Waals surface area contributed by atoms with Crippen molar-refractivity contribution in [2.45, 2.75) is 12.5 Å². The van der Waals surface area contributed by atoms with Crippen LogP contribution in [0.2, 0.25) is 0 Å². The van der Waals surface area contributed by atoms with Crippen molar-refractivity contribution in [1.82, 2.24) is 5.32 Å². The minimum atomic E-state index is 0.336. The van der Waals surface area contributed by atoms with E-state index < -0.39 is 0 Å². The lowest BCUT2D eigenvalue weighted by molar-refractivity contribution is 0.606. The molecule has 0 aliphatic rings. The quantitative estimate of drug-likeness (QED) is 0.588. The fraction of sp³-hybridized carbons (Fsp3) is 1.00. The lowest BCUT2D eigenvalue weighted by Crippen LogP contribution is -2.32. The van der Waals surface area contributed by atoms with E-state index in [2.05, 4.69) is 11.6 Å². The van der Waals surface area contributed by atoms with E-state index in [0.29, 0.717) is 6.04 Å². The number of likely N-dealkylation sites (N-methyl/N-ethyl adjacent to an activating group) is 1. The van der Waals surface area contributed by atoms with Crippen LogP contribution in [-0.4, -0.2) is 31.6 Å². The van der Waals surface area contributed by atoms with Gasteiger partial charge in [-0.15, -0.1) is 0 Å². The maximum absolute atomic E-state index is 5.69. The molecule has 0 rings (SSSR count). The van der Waals surface area contributed by atoms with Crippen LogP contribution in [-0.2, 0) is 0 Å². The summed E-state index contributed by atoms with van der Waals surface area (Å²) in [6, 6.07) is 0.336. The molecule has 0 unspecified atom stereocenters. The van der Waals surface area contributed by atoms with Gasteiger partial charge in [-0.25, -0.2) is 0 Å². The summed E-state index contributed by atoms with van der Waals surface area (Å²) < 4.78 is 0. The van der Waals surface area contributed by atoms with Crippen molar-refractivity contribution >= 4 is 11.8 Å². The molecule has 0 aromatic heterocycles. The van der Waals surface area contributed by atoms with Crippen LogP contribution in [0.1, 0.15) is 6.42 Å². The van der Waals surface area contributed by atoms with Crippen molar-refractivity contribution < 1.29 is 0 Å². The number of hydrogen-bond acceptors (Lipinski definition) is 3. The molecule has 1 atom stereocenters. The van der Waals surface area contributed by atoms with Crippen molar-refractivity contribution in [2.75, 3.05) is 25.6 Å². The highest BCUT2D eigenvalue weighted by Crippen LogP contribution is 1.96. The van der Waals surface area contributed by atoms with Gasteiger partial charge in [-0.05, 0) is 25.5 Å². The number of nitrogens with two attached hydrogens (primary N) is 1. The first kappa shape index (κ1) is 9.27. The Morgan fingerprint density at radius 2 is 2.33 bits per heavy atom. The fourth-order valence-corrected chi connectivity index (χ4v) is 1.17. The molecule has 0 aromatic carbocycles. The maximum atomic E-state index is 5.69. The molecule has 0 radical (unpaired) electrons. The Balaban J connectivity index is 2.95. The monoisotopic (exact) mass is 148 g/mol. The zero-order valence-corrected chi connectivity index (χ0v) is 7.00. The van der Waals surface area contributed by atoms with E-state index >= 15 is 0 Å². The zero-order valence-electron chi connectivity index (χ0n) is 6.18. The molecule has 0 spiro atoms. The predicted octanol–water partition coefficient (Wildman–Crippen LogP) is 0.286. The average molecular weight is 148 g/mol. The molecular weight excluding hydrogens is 132 g/mol. The van der Waals surface area contributed by atoms with Crippen molar-refractivity contribution in [3.63, 3.8) is 0 Å². The largest absolute Gasteiger partial charge is 0.327 e. The van der Waals surface area contributed by atoms with Crippen LogP contribution in [0.5, 0.6) is 0 Å². The van der Waals surface area contributed by atoms with Crippen LogP contribution in [0.15, 0.2) is 0 Å². The summed E-state index contributed by atoms with van der Waals surface area (Å²) in [7, 11) is 1.93. The van der Waals surface area contributed by atoms with E-state index in [9.17, 15) is 0 Å². The molecule has 2 nitrogen and oxygen atoms in total. The Hall–Kier alpha value is 0.270. The van der Waals surface area contributed by atoms with Gasteiger partial charge in [0.15, 0.2) is 0 Å². The fourth-order valence-electron chi connectivity index (χ4n) is 0.633. The molecule has 3 heteroatoms. The third-order valence-electron chi connectivity index (χ3n) is 1.16. The normalized spacial score (nSPS) is 13.7. The molecule has 0 fully saturated rings. The van der Waals surface area contributed by atoms with E-state index in [1.54, 1.807) is 0 Å². The third kappa shape index (κ3) is 6.15. The smallest absolute Gasteiger partial charge is 0.0173 e. The second kappa shape index (κ2) is 6.39. The standard InChI is InChI=1S/C6H16N2S/c1-8-5-6(7)3-4-9-2/h6,8H,3-5,7H2,1-2H3/t6-/m0/s1. The van der Waals surface area contributed by atoms with Crippen LogP contribution >= 0.6 is 11.8 Å². The first-order valence-corrected chi connectivity index (χ1v) is 4.59. The van der Waals surface area contributed by atoms with E-state index in [4.69, 9.17) is 5.73 Å². The molecule has 0 aliphatic carbocycles. The van der Waals surface area contributed by atoms with Gasteiger partial charge in [0.1, 0.15) is 0 Å². The molecule has 0 bridgehead atoms. The summed E-state index contributed by atoms with van der Waals surface area (Å²) in [6.07, 6.45) is 3.22. The summed E-state index contributed by atoms with van der Waals surface area (Å²) in [6.45, 7) is 0.931. The lowest BCUT2D eigenvalue weighted by Gasteiger charge is -2.08. The molecule has 0 aliphatic heterocycles. The van der Waals surface area contributed by atoms with Gasteiger partial charge in [-0.1, -0.05) is 0 Å². The molecule has 9 heavy (non-hydrogen) atoms. The highest BCUT2D eigenvalue weighted by Gasteiger charge is 1.97. The van der Waals surface area contributed by atoms with Gasteiger partial charge >= 0.3 is 0 Å². The topological polar surface area (TPSA) is 38.0 Å². The Kier molecular flexibility index (Phi) is 6.58. The van der Waals surface area contributed by atoms with E-state index in [1.165, 1.54) is 5.75 Å². The second-order valence-electron chi connectivity index (χ2n) is 2.10.